The second-order valence-corrected chi connectivity index (χ2v) is 2.77. The molecule has 1 aromatic rings. The highest BCUT2D eigenvalue weighted by Crippen LogP contribution is 2.27. The van der Waals surface area contributed by atoms with Gasteiger partial charge in [-0.2, -0.15) is 0 Å². The Labute approximate surface area is 73.6 Å². The van der Waals surface area contributed by atoms with Gasteiger partial charge in [-0.1, -0.05) is 13.5 Å². The lowest BCUT2D eigenvalue weighted by Gasteiger charge is -2.18. The summed E-state index contributed by atoms with van der Waals surface area (Å²) in [6.07, 6.45) is 0. The number of hydrogen-bond acceptors (Lipinski definition) is 2. The molecule has 2 nitrogen and oxygen atoms in total. The Morgan fingerprint density at radius 3 is 3.08 bits per heavy atom. The first-order chi connectivity index (χ1) is 5.36. The third-order valence-electron chi connectivity index (χ3n) is 1.81. The van der Waals surface area contributed by atoms with Gasteiger partial charge in [0.1, 0.15) is 12.4 Å². The number of benzene rings is 1. The van der Waals surface area contributed by atoms with Crippen LogP contribution in [0.4, 0.5) is 5.69 Å². The number of ether oxygens (including phenoxy) is 1. The average Bonchev–Trinajstić information content (AvgIpc) is 2.04. The molecule has 12 heavy (non-hydrogen) atoms. The van der Waals surface area contributed by atoms with Gasteiger partial charge in [-0.15, -0.1) is 0 Å². The largest absolute Gasteiger partial charge is 0.490 e. The molecule has 1 N–H and O–H groups in total. The Morgan fingerprint density at radius 2 is 2.25 bits per heavy atom. The zero-order valence-electron chi connectivity index (χ0n) is 6.55. The molecule has 2 heteroatoms. The van der Waals surface area contributed by atoms with E-state index in [1.54, 1.807) is 0 Å². The minimum Gasteiger partial charge on any atom is -0.490 e. The standard InChI is InChI=1S/C9H11NO.CH4/c1-7-2-3-9-8(6-7)10-4-5-11-9;/h2-3,6,10H,4-5H2,1H3;1H4. The fraction of sp³-hybridized carbons (Fsp3) is 0.400. The van der Waals surface area contributed by atoms with Crippen LogP contribution in [0.1, 0.15) is 13.0 Å². The second kappa shape index (κ2) is 3.48. The van der Waals surface area contributed by atoms with Crippen LogP contribution in [0.5, 0.6) is 5.75 Å². The Hall–Kier alpha value is -1.18. The summed E-state index contributed by atoms with van der Waals surface area (Å²) in [7, 11) is 0. The summed E-state index contributed by atoms with van der Waals surface area (Å²) < 4.78 is 5.42. The van der Waals surface area contributed by atoms with Crippen molar-refractivity contribution in [1.82, 2.24) is 0 Å². The van der Waals surface area contributed by atoms with Gasteiger partial charge in [0, 0.05) is 6.54 Å². The van der Waals surface area contributed by atoms with E-state index in [9.17, 15) is 0 Å². The van der Waals surface area contributed by atoms with Crippen molar-refractivity contribution in [3.63, 3.8) is 0 Å². The molecule has 0 aromatic heterocycles. The monoisotopic (exact) mass is 165 g/mol. The van der Waals surface area contributed by atoms with Crippen molar-refractivity contribution >= 4 is 5.69 Å². The number of aryl methyl sites for hydroxylation is 1. The van der Waals surface area contributed by atoms with Gasteiger partial charge in [0.15, 0.2) is 0 Å². The Bertz CT molecular complexity index is 271. The highest BCUT2D eigenvalue weighted by molar-refractivity contribution is 5.59. The maximum atomic E-state index is 5.42. The zero-order chi connectivity index (χ0) is 7.68. The molecular formula is C10H15NO. The van der Waals surface area contributed by atoms with Crippen LogP contribution < -0.4 is 10.1 Å². The molecule has 0 radical (unpaired) electrons. The summed E-state index contributed by atoms with van der Waals surface area (Å²) in [5, 5.41) is 3.28. The molecule has 0 aliphatic carbocycles. The van der Waals surface area contributed by atoms with Crippen molar-refractivity contribution in [1.29, 1.82) is 0 Å². The predicted molar refractivity (Wildman–Crippen MR) is 51.9 cm³/mol. The van der Waals surface area contributed by atoms with Gasteiger partial charge >= 0.3 is 0 Å². The van der Waals surface area contributed by atoms with E-state index in [2.05, 4.69) is 24.4 Å². The maximum absolute atomic E-state index is 5.42. The van der Waals surface area contributed by atoms with Gasteiger partial charge < -0.3 is 10.1 Å². The van der Waals surface area contributed by atoms with E-state index in [1.807, 2.05) is 6.07 Å². The summed E-state index contributed by atoms with van der Waals surface area (Å²) in [6.45, 7) is 3.77. The van der Waals surface area contributed by atoms with Crippen molar-refractivity contribution < 1.29 is 4.74 Å². The number of nitrogens with one attached hydrogen (secondary N) is 1. The highest BCUT2D eigenvalue weighted by atomic mass is 16.5. The van der Waals surface area contributed by atoms with Crippen molar-refractivity contribution in [2.24, 2.45) is 0 Å². The Morgan fingerprint density at radius 1 is 1.42 bits per heavy atom. The lowest BCUT2D eigenvalue weighted by molar-refractivity contribution is 0.323. The van der Waals surface area contributed by atoms with Gasteiger partial charge in [-0.3, -0.25) is 0 Å². The first-order valence-corrected chi connectivity index (χ1v) is 3.83. The van der Waals surface area contributed by atoms with Crippen molar-refractivity contribution in [3.05, 3.63) is 23.8 Å². The van der Waals surface area contributed by atoms with Gasteiger partial charge in [-0.05, 0) is 24.6 Å². The van der Waals surface area contributed by atoms with E-state index in [-0.39, 0.29) is 7.43 Å². The maximum Gasteiger partial charge on any atom is 0.142 e. The molecule has 66 valence electrons. The molecule has 0 unspecified atom stereocenters. The summed E-state index contributed by atoms with van der Waals surface area (Å²) in [4.78, 5) is 0. The topological polar surface area (TPSA) is 21.3 Å². The van der Waals surface area contributed by atoms with Gasteiger partial charge in [0.05, 0.1) is 5.69 Å². The summed E-state index contributed by atoms with van der Waals surface area (Å²) in [6, 6.07) is 6.18. The first-order valence-electron chi connectivity index (χ1n) is 3.83. The number of hydrogen-bond donors (Lipinski definition) is 1. The van der Waals surface area contributed by atoms with Crippen LogP contribution >= 0.6 is 0 Å². The van der Waals surface area contributed by atoms with Crippen LogP contribution in [-0.2, 0) is 0 Å². The molecule has 0 amide bonds. The van der Waals surface area contributed by atoms with Gasteiger partial charge in [0.2, 0.25) is 0 Å². The molecule has 1 aliphatic rings. The van der Waals surface area contributed by atoms with Crippen LogP contribution in [0.15, 0.2) is 18.2 Å². The minimum absolute atomic E-state index is 0. The molecule has 1 aliphatic heterocycles. The molecule has 1 aromatic carbocycles. The molecule has 2 rings (SSSR count). The molecule has 0 spiro atoms. The molecule has 0 saturated heterocycles. The quantitative estimate of drug-likeness (QED) is 0.637. The zero-order valence-corrected chi connectivity index (χ0v) is 6.55. The molecular weight excluding hydrogens is 150 g/mol. The van der Waals surface area contributed by atoms with Crippen LogP contribution in [0, 0.1) is 6.92 Å². The number of fused-ring (bicyclic) bond motifs is 1. The van der Waals surface area contributed by atoms with E-state index >= 15 is 0 Å². The lowest BCUT2D eigenvalue weighted by Crippen LogP contribution is -2.17. The summed E-state index contributed by atoms with van der Waals surface area (Å²) in [5.74, 6) is 0.974. The van der Waals surface area contributed by atoms with Gasteiger partial charge in [0.25, 0.3) is 0 Å². The van der Waals surface area contributed by atoms with Crippen molar-refractivity contribution in [3.8, 4) is 5.75 Å². The molecule has 1 heterocycles. The van der Waals surface area contributed by atoms with Crippen molar-refractivity contribution in [2.75, 3.05) is 18.5 Å². The molecule has 0 bridgehead atoms. The van der Waals surface area contributed by atoms with Crippen LogP contribution in [-0.4, -0.2) is 13.2 Å². The van der Waals surface area contributed by atoms with Gasteiger partial charge in [-0.25, -0.2) is 0 Å². The second-order valence-electron chi connectivity index (χ2n) is 2.77. The Kier molecular flexibility index (Phi) is 2.58. The Balaban J connectivity index is 0.000000720. The minimum atomic E-state index is 0. The number of anilines is 1. The van der Waals surface area contributed by atoms with E-state index in [1.165, 1.54) is 5.56 Å². The predicted octanol–water partition coefficient (Wildman–Crippen LogP) is 2.44. The van der Waals surface area contributed by atoms with E-state index in [4.69, 9.17) is 4.74 Å². The summed E-state index contributed by atoms with van der Waals surface area (Å²) in [5.41, 5.74) is 2.39. The normalized spacial score (nSPS) is 13.4. The highest BCUT2D eigenvalue weighted by Gasteiger charge is 2.07. The molecule has 0 fully saturated rings. The fourth-order valence-corrected chi connectivity index (χ4v) is 1.25. The van der Waals surface area contributed by atoms with E-state index in [0.717, 1.165) is 24.6 Å². The third-order valence-corrected chi connectivity index (χ3v) is 1.81. The third kappa shape index (κ3) is 1.52. The molecule has 0 atom stereocenters. The molecule has 0 saturated carbocycles. The fourth-order valence-electron chi connectivity index (χ4n) is 1.25. The van der Waals surface area contributed by atoms with E-state index < -0.39 is 0 Å². The van der Waals surface area contributed by atoms with Crippen LogP contribution in [0.3, 0.4) is 0 Å². The smallest absolute Gasteiger partial charge is 0.142 e. The van der Waals surface area contributed by atoms with E-state index in [0.29, 0.717) is 0 Å². The first kappa shape index (κ1) is 8.91. The van der Waals surface area contributed by atoms with Crippen molar-refractivity contribution in [2.45, 2.75) is 14.4 Å². The average molecular weight is 165 g/mol. The van der Waals surface area contributed by atoms with Crippen LogP contribution in [0.25, 0.3) is 0 Å². The number of rotatable bonds is 0. The summed E-state index contributed by atoms with van der Waals surface area (Å²) >= 11 is 0. The SMILES string of the molecule is C.Cc1ccc2c(c1)NCCO2. The van der Waals surface area contributed by atoms with Crippen LogP contribution in [0.2, 0.25) is 0 Å². The lowest BCUT2D eigenvalue weighted by atomic mass is 10.2.